The molecule has 0 aromatic carbocycles. The third-order valence-corrected chi connectivity index (χ3v) is 2.37. The van der Waals surface area contributed by atoms with Gasteiger partial charge in [-0.2, -0.15) is 0 Å². The molecule has 2 N–H and O–H groups in total. The number of hydrogen-bond acceptors (Lipinski definition) is 3. The van der Waals surface area contributed by atoms with E-state index in [-0.39, 0.29) is 0 Å². The molecule has 0 aliphatic heterocycles. The number of nitrogens with zero attached hydrogens (tertiary/aromatic N) is 1. The Morgan fingerprint density at radius 1 is 1.33 bits per heavy atom. The van der Waals surface area contributed by atoms with Crippen LogP contribution in [-0.4, -0.2) is 18.6 Å². The van der Waals surface area contributed by atoms with Crippen LogP contribution in [0.25, 0.3) is 0 Å². The molecular weight excluding hydrogens is 186 g/mol. The van der Waals surface area contributed by atoms with Crippen LogP contribution in [0, 0.1) is 13.8 Å². The Morgan fingerprint density at radius 2 is 2.07 bits per heavy atom. The van der Waals surface area contributed by atoms with Crippen LogP contribution in [-0.2, 0) is 6.54 Å². The molecule has 84 valence electrons. The maximum absolute atomic E-state index is 4.54. The van der Waals surface area contributed by atoms with E-state index in [1.165, 1.54) is 11.1 Å². The van der Waals surface area contributed by atoms with Crippen molar-refractivity contribution in [2.75, 3.05) is 18.9 Å². The average Bonchev–Trinajstić information content (AvgIpc) is 2.19. The smallest absolute Gasteiger partial charge is 0.131 e. The highest BCUT2D eigenvalue weighted by molar-refractivity contribution is 5.49. The van der Waals surface area contributed by atoms with Gasteiger partial charge in [0, 0.05) is 24.3 Å². The van der Waals surface area contributed by atoms with Gasteiger partial charge in [-0.25, -0.2) is 4.98 Å². The molecule has 0 atom stereocenters. The zero-order chi connectivity index (χ0) is 11.3. The summed E-state index contributed by atoms with van der Waals surface area (Å²) in [5.41, 5.74) is 3.65. The SMILES string of the molecule is CCCNc1nc(C)cc(C)c1CNC. The second kappa shape index (κ2) is 5.71. The highest BCUT2D eigenvalue weighted by atomic mass is 15.0. The van der Waals surface area contributed by atoms with Gasteiger partial charge in [0.1, 0.15) is 5.82 Å². The standard InChI is InChI=1S/C12H21N3/c1-5-6-14-12-11(8-13-4)9(2)7-10(3)15-12/h7,13H,5-6,8H2,1-4H3,(H,14,15). The van der Waals surface area contributed by atoms with Gasteiger partial charge in [-0.05, 0) is 38.9 Å². The number of nitrogens with one attached hydrogen (secondary N) is 2. The fourth-order valence-electron chi connectivity index (χ4n) is 1.65. The molecule has 0 saturated heterocycles. The Hall–Kier alpha value is -1.09. The quantitative estimate of drug-likeness (QED) is 0.777. The van der Waals surface area contributed by atoms with Crippen LogP contribution in [0.15, 0.2) is 6.07 Å². The van der Waals surface area contributed by atoms with Gasteiger partial charge in [0.2, 0.25) is 0 Å². The first-order valence-electron chi connectivity index (χ1n) is 5.54. The van der Waals surface area contributed by atoms with Crippen LogP contribution in [0.3, 0.4) is 0 Å². The lowest BCUT2D eigenvalue weighted by Gasteiger charge is -2.14. The van der Waals surface area contributed by atoms with Crippen LogP contribution < -0.4 is 10.6 Å². The first-order chi connectivity index (χ1) is 7.19. The van der Waals surface area contributed by atoms with Crippen molar-refractivity contribution in [2.45, 2.75) is 33.7 Å². The van der Waals surface area contributed by atoms with Gasteiger partial charge in [-0.1, -0.05) is 6.92 Å². The van der Waals surface area contributed by atoms with Crippen molar-refractivity contribution in [3.05, 3.63) is 22.9 Å². The Labute approximate surface area is 92.3 Å². The minimum atomic E-state index is 0.866. The second-order valence-corrected chi connectivity index (χ2v) is 3.86. The zero-order valence-electron chi connectivity index (χ0n) is 10.1. The zero-order valence-corrected chi connectivity index (χ0v) is 10.1. The van der Waals surface area contributed by atoms with Gasteiger partial charge < -0.3 is 10.6 Å². The topological polar surface area (TPSA) is 37.0 Å². The van der Waals surface area contributed by atoms with Gasteiger partial charge >= 0.3 is 0 Å². The molecule has 1 aromatic heterocycles. The minimum absolute atomic E-state index is 0.866. The molecule has 0 spiro atoms. The van der Waals surface area contributed by atoms with E-state index >= 15 is 0 Å². The Balaban J connectivity index is 2.97. The number of anilines is 1. The van der Waals surface area contributed by atoms with Crippen LogP contribution in [0.2, 0.25) is 0 Å². The molecule has 0 aliphatic rings. The summed E-state index contributed by atoms with van der Waals surface area (Å²) >= 11 is 0. The first kappa shape index (κ1) is 12.0. The number of hydrogen-bond donors (Lipinski definition) is 2. The van der Waals surface area contributed by atoms with Gasteiger partial charge in [0.15, 0.2) is 0 Å². The summed E-state index contributed by atoms with van der Waals surface area (Å²) in [5, 5.41) is 6.56. The Morgan fingerprint density at radius 3 is 2.67 bits per heavy atom. The van der Waals surface area contributed by atoms with E-state index in [0.29, 0.717) is 0 Å². The number of aromatic nitrogens is 1. The van der Waals surface area contributed by atoms with Gasteiger partial charge in [-0.15, -0.1) is 0 Å². The maximum atomic E-state index is 4.54. The molecule has 0 aliphatic carbocycles. The molecule has 3 nitrogen and oxygen atoms in total. The van der Waals surface area contributed by atoms with Gasteiger partial charge in [0.25, 0.3) is 0 Å². The third kappa shape index (κ3) is 3.20. The number of rotatable bonds is 5. The summed E-state index contributed by atoms with van der Waals surface area (Å²) in [4.78, 5) is 4.54. The molecule has 1 heterocycles. The lowest BCUT2D eigenvalue weighted by molar-refractivity contribution is 0.804. The lowest BCUT2D eigenvalue weighted by Crippen LogP contribution is -2.13. The first-order valence-corrected chi connectivity index (χ1v) is 5.54. The van der Waals surface area contributed by atoms with Crippen LogP contribution >= 0.6 is 0 Å². The maximum Gasteiger partial charge on any atom is 0.131 e. The molecule has 1 rings (SSSR count). The molecule has 3 heteroatoms. The fraction of sp³-hybridized carbons (Fsp3) is 0.583. The normalized spacial score (nSPS) is 10.4. The molecule has 0 fully saturated rings. The molecule has 0 radical (unpaired) electrons. The highest BCUT2D eigenvalue weighted by Gasteiger charge is 2.06. The molecular formula is C12H21N3. The fourth-order valence-corrected chi connectivity index (χ4v) is 1.65. The van der Waals surface area contributed by atoms with E-state index in [9.17, 15) is 0 Å². The van der Waals surface area contributed by atoms with Crippen molar-refractivity contribution < 1.29 is 0 Å². The van der Waals surface area contributed by atoms with Crippen molar-refractivity contribution >= 4 is 5.82 Å². The lowest BCUT2D eigenvalue weighted by atomic mass is 10.1. The summed E-state index contributed by atoms with van der Waals surface area (Å²) in [6.45, 7) is 8.18. The van der Waals surface area contributed by atoms with E-state index in [1.54, 1.807) is 0 Å². The van der Waals surface area contributed by atoms with Crippen molar-refractivity contribution in [2.24, 2.45) is 0 Å². The van der Waals surface area contributed by atoms with E-state index in [0.717, 1.165) is 31.0 Å². The number of aryl methyl sites for hydroxylation is 2. The molecule has 0 bridgehead atoms. The second-order valence-electron chi connectivity index (χ2n) is 3.86. The van der Waals surface area contributed by atoms with E-state index in [4.69, 9.17) is 0 Å². The van der Waals surface area contributed by atoms with Crippen LogP contribution in [0.1, 0.15) is 30.2 Å². The predicted molar refractivity (Wildman–Crippen MR) is 65.3 cm³/mol. The Bertz CT molecular complexity index is 321. The van der Waals surface area contributed by atoms with Crippen molar-refractivity contribution in [3.63, 3.8) is 0 Å². The molecule has 15 heavy (non-hydrogen) atoms. The van der Waals surface area contributed by atoms with E-state index in [2.05, 4.69) is 35.5 Å². The van der Waals surface area contributed by atoms with Crippen LogP contribution in [0.5, 0.6) is 0 Å². The summed E-state index contributed by atoms with van der Waals surface area (Å²) < 4.78 is 0. The summed E-state index contributed by atoms with van der Waals surface area (Å²) in [7, 11) is 1.96. The summed E-state index contributed by atoms with van der Waals surface area (Å²) in [6, 6.07) is 2.13. The average molecular weight is 207 g/mol. The van der Waals surface area contributed by atoms with Crippen molar-refractivity contribution in [1.82, 2.24) is 10.3 Å². The highest BCUT2D eigenvalue weighted by Crippen LogP contribution is 2.18. The summed E-state index contributed by atoms with van der Waals surface area (Å²) in [6.07, 6.45) is 1.12. The van der Waals surface area contributed by atoms with Crippen molar-refractivity contribution in [1.29, 1.82) is 0 Å². The monoisotopic (exact) mass is 207 g/mol. The Kier molecular flexibility index (Phi) is 4.56. The van der Waals surface area contributed by atoms with Gasteiger partial charge in [-0.3, -0.25) is 0 Å². The molecule has 0 unspecified atom stereocenters. The third-order valence-electron chi connectivity index (χ3n) is 2.37. The van der Waals surface area contributed by atoms with Crippen molar-refractivity contribution in [3.8, 4) is 0 Å². The molecule has 1 aromatic rings. The van der Waals surface area contributed by atoms with Crippen LogP contribution in [0.4, 0.5) is 5.82 Å². The van der Waals surface area contributed by atoms with E-state index in [1.807, 2.05) is 14.0 Å². The predicted octanol–water partition coefficient (Wildman–Crippen LogP) is 2.24. The van der Waals surface area contributed by atoms with E-state index < -0.39 is 0 Å². The molecule has 0 amide bonds. The molecule has 0 saturated carbocycles. The number of pyridine rings is 1. The summed E-state index contributed by atoms with van der Waals surface area (Å²) in [5.74, 6) is 1.03. The van der Waals surface area contributed by atoms with Gasteiger partial charge in [0.05, 0.1) is 0 Å². The minimum Gasteiger partial charge on any atom is -0.370 e. The largest absolute Gasteiger partial charge is 0.370 e.